The Hall–Kier alpha value is -2.12. The summed E-state index contributed by atoms with van der Waals surface area (Å²) in [5.41, 5.74) is 2.01. The Labute approximate surface area is 148 Å². The maximum atomic E-state index is 12.2. The minimum Gasteiger partial charge on any atom is -0.354 e. The van der Waals surface area contributed by atoms with E-state index in [2.05, 4.69) is 16.8 Å². The van der Waals surface area contributed by atoms with E-state index >= 15 is 0 Å². The average Bonchev–Trinajstić information content (AvgIpc) is 3.18. The highest BCUT2D eigenvalue weighted by Gasteiger charge is 2.36. The van der Waals surface area contributed by atoms with Crippen LogP contribution in [0, 0.1) is 0 Å². The lowest BCUT2D eigenvalue weighted by atomic mass is 10.1. The van der Waals surface area contributed by atoms with Gasteiger partial charge < -0.3 is 5.32 Å². The van der Waals surface area contributed by atoms with Crippen LogP contribution in [0.1, 0.15) is 26.3 Å². The number of thiophene rings is 1. The molecule has 3 rings (SSSR count). The number of rotatable bonds is 7. The van der Waals surface area contributed by atoms with Crippen LogP contribution in [0.2, 0.25) is 0 Å². The zero-order valence-electron chi connectivity index (χ0n) is 12.9. The number of nitrogens with one attached hydrogen (secondary N) is 1. The lowest BCUT2D eigenvalue weighted by Gasteiger charge is -2.13. The fourth-order valence-corrected chi connectivity index (χ4v) is 3.99. The molecular weight excluding hydrogens is 344 g/mol. The second-order valence-electron chi connectivity index (χ2n) is 5.28. The Kier molecular flexibility index (Phi) is 5.32. The van der Waals surface area contributed by atoms with Crippen molar-refractivity contribution in [2.45, 2.75) is 5.75 Å². The van der Waals surface area contributed by atoms with Gasteiger partial charge in [0, 0.05) is 18.1 Å². The third kappa shape index (κ3) is 3.68. The summed E-state index contributed by atoms with van der Waals surface area (Å²) in [6, 6.07) is 8.71. The van der Waals surface area contributed by atoms with E-state index in [1.54, 1.807) is 47.4 Å². The molecule has 1 aliphatic rings. The number of carbonyl (C=O) groups is 3. The summed E-state index contributed by atoms with van der Waals surface area (Å²) in [5.74, 6) is 0.567. The lowest BCUT2D eigenvalue weighted by Crippen LogP contribution is -2.40. The van der Waals surface area contributed by atoms with E-state index < -0.39 is 11.8 Å². The fourth-order valence-electron chi connectivity index (χ4n) is 2.41. The zero-order valence-corrected chi connectivity index (χ0v) is 14.5. The Morgan fingerprint density at radius 3 is 2.46 bits per heavy atom. The highest BCUT2D eigenvalue weighted by molar-refractivity contribution is 7.98. The molecular formula is C17H16N2O3S2. The van der Waals surface area contributed by atoms with Crippen molar-refractivity contribution in [2.24, 2.45) is 0 Å². The smallest absolute Gasteiger partial charge is 0.262 e. The summed E-state index contributed by atoms with van der Waals surface area (Å²) in [5, 5.41) is 6.90. The SMILES string of the molecule is O=C(CN1C(=O)c2ccccc2C1=O)NCCSCc1ccsc1. The van der Waals surface area contributed by atoms with Crippen molar-refractivity contribution in [3.63, 3.8) is 0 Å². The van der Waals surface area contributed by atoms with Crippen molar-refractivity contribution in [1.29, 1.82) is 0 Å². The van der Waals surface area contributed by atoms with E-state index in [1.807, 2.05) is 5.38 Å². The molecule has 0 unspecified atom stereocenters. The summed E-state index contributed by atoms with van der Waals surface area (Å²) in [6.45, 7) is 0.276. The molecule has 7 heteroatoms. The number of carbonyl (C=O) groups excluding carboxylic acids is 3. The van der Waals surface area contributed by atoms with E-state index in [-0.39, 0.29) is 12.5 Å². The Balaban J connectivity index is 1.42. The molecule has 1 aromatic carbocycles. The molecule has 1 aliphatic heterocycles. The van der Waals surface area contributed by atoms with Crippen LogP contribution in [0.15, 0.2) is 41.1 Å². The van der Waals surface area contributed by atoms with Crippen LogP contribution in [-0.2, 0) is 10.5 Å². The maximum Gasteiger partial charge on any atom is 0.262 e. The maximum absolute atomic E-state index is 12.2. The van der Waals surface area contributed by atoms with E-state index in [4.69, 9.17) is 0 Å². The number of benzene rings is 1. The monoisotopic (exact) mass is 360 g/mol. The van der Waals surface area contributed by atoms with Gasteiger partial charge in [-0.1, -0.05) is 12.1 Å². The zero-order chi connectivity index (χ0) is 16.9. The third-order valence-corrected chi connectivity index (χ3v) is 5.36. The standard InChI is InChI=1S/C17H16N2O3S2/c20-15(18-6-8-24-11-12-5-7-23-10-12)9-19-16(21)13-3-1-2-4-14(13)17(19)22/h1-5,7,10H,6,8-9,11H2,(H,18,20). The van der Waals surface area contributed by atoms with Crippen LogP contribution >= 0.6 is 23.1 Å². The van der Waals surface area contributed by atoms with Crippen LogP contribution in [0.5, 0.6) is 0 Å². The van der Waals surface area contributed by atoms with Crippen molar-refractivity contribution in [3.8, 4) is 0 Å². The Morgan fingerprint density at radius 2 is 1.83 bits per heavy atom. The molecule has 2 heterocycles. The quantitative estimate of drug-likeness (QED) is 0.608. The van der Waals surface area contributed by atoms with Gasteiger partial charge in [0.25, 0.3) is 11.8 Å². The van der Waals surface area contributed by atoms with Crippen LogP contribution in [0.3, 0.4) is 0 Å². The van der Waals surface area contributed by atoms with Gasteiger partial charge in [-0.3, -0.25) is 19.3 Å². The topological polar surface area (TPSA) is 66.5 Å². The molecule has 2 aromatic rings. The average molecular weight is 360 g/mol. The first-order valence-corrected chi connectivity index (χ1v) is 9.57. The number of hydrogen-bond donors (Lipinski definition) is 1. The Morgan fingerprint density at radius 1 is 1.12 bits per heavy atom. The lowest BCUT2D eigenvalue weighted by molar-refractivity contribution is -0.121. The normalized spacial score (nSPS) is 13.2. The van der Waals surface area contributed by atoms with E-state index in [9.17, 15) is 14.4 Å². The van der Waals surface area contributed by atoms with Crippen molar-refractivity contribution in [1.82, 2.24) is 10.2 Å². The number of hydrogen-bond acceptors (Lipinski definition) is 5. The van der Waals surface area contributed by atoms with Crippen molar-refractivity contribution in [3.05, 3.63) is 57.8 Å². The van der Waals surface area contributed by atoms with Crippen molar-refractivity contribution < 1.29 is 14.4 Å². The minimum absolute atomic E-state index is 0.235. The number of thioether (sulfide) groups is 1. The van der Waals surface area contributed by atoms with Gasteiger partial charge in [-0.25, -0.2) is 0 Å². The molecule has 1 aromatic heterocycles. The highest BCUT2D eigenvalue weighted by atomic mass is 32.2. The molecule has 0 saturated heterocycles. The second kappa shape index (κ2) is 7.63. The molecule has 3 amide bonds. The molecule has 0 fully saturated rings. The summed E-state index contributed by atoms with van der Waals surface area (Å²) in [6.07, 6.45) is 0. The van der Waals surface area contributed by atoms with E-state index in [0.29, 0.717) is 17.7 Å². The molecule has 0 saturated carbocycles. The molecule has 124 valence electrons. The van der Waals surface area contributed by atoms with Crippen LogP contribution in [0.25, 0.3) is 0 Å². The van der Waals surface area contributed by atoms with E-state index in [1.165, 1.54) is 5.56 Å². The molecule has 1 N–H and O–H groups in total. The molecule has 0 spiro atoms. The van der Waals surface area contributed by atoms with Gasteiger partial charge in [0.1, 0.15) is 6.54 Å². The summed E-state index contributed by atoms with van der Waals surface area (Å²) in [7, 11) is 0. The van der Waals surface area contributed by atoms with Crippen LogP contribution in [0.4, 0.5) is 0 Å². The molecule has 0 bridgehead atoms. The van der Waals surface area contributed by atoms with Crippen LogP contribution < -0.4 is 5.32 Å². The molecule has 0 atom stereocenters. The summed E-state index contributed by atoms with van der Waals surface area (Å²) < 4.78 is 0. The van der Waals surface area contributed by atoms with Crippen LogP contribution in [-0.4, -0.2) is 41.5 Å². The molecule has 0 aliphatic carbocycles. The molecule has 5 nitrogen and oxygen atoms in total. The number of nitrogens with zero attached hydrogens (tertiary/aromatic N) is 1. The largest absolute Gasteiger partial charge is 0.354 e. The van der Waals surface area contributed by atoms with Gasteiger partial charge in [-0.15, -0.1) is 0 Å². The van der Waals surface area contributed by atoms with Crippen molar-refractivity contribution in [2.75, 3.05) is 18.8 Å². The van der Waals surface area contributed by atoms with E-state index in [0.717, 1.165) is 16.4 Å². The predicted molar refractivity (Wildman–Crippen MR) is 95.3 cm³/mol. The minimum atomic E-state index is -0.405. The first-order chi connectivity index (χ1) is 11.7. The summed E-state index contributed by atoms with van der Waals surface area (Å²) >= 11 is 3.40. The van der Waals surface area contributed by atoms with Gasteiger partial charge in [0.05, 0.1) is 11.1 Å². The molecule has 0 radical (unpaired) electrons. The second-order valence-corrected chi connectivity index (χ2v) is 7.16. The molecule has 24 heavy (non-hydrogen) atoms. The fraction of sp³-hybridized carbons (Fsp3) is 0.235. The van der Waals surface area contributed by atoms with Gasteiger partial charge >= 0.3 is 0 Å². The Bertz CT molecular complexity index is 724. The van der Waals surface area contributed by atoms with Gasteiger partial charge in [-0.2, -0.15) is 23.1 Å². The highest BCUT2D eigenvalue weighted by Crippen LogP contribution is 2.21. The first kappa shape index (κ1) is 16.7. The van der Waals surface area contributed by atoms with Gasteiger partial charge in [0.2, 0.25) is 5.91 Å². The third-order valence-electron chi connectivity index (χ3n) is 3.60. The van der Waals surface area contributed by atoms with Gasteiger partial charge in [0.15, 0.2) is 0 Å². The van der Waals surface area contributed by atoms with Crippen molar-refractivity contribution >= 4 is 40.8 Å². The number of imide groups is 1. The number of fused-ring (bicyclic) bond motifs is 1. The first-order valence-electron chi connectivity index (χ1n) is 7.47. The number of amides is 3. The van der Waals surface area contributed by atoms with Gasteiger partial charge in [-0.05, 0) is 34.5 Å². The summed E-state index contributed by atoms with van der Waals surface area (Å²) in [4.78, 5) is 37.3. The predicted octanol–water partition coefficient (Wildman–Crippen LogP) is 2.39.